The van der Waals surface area contributed by atoms with E-state index < -0.39 is 10.0 Å². The van der Waals surface area contributed by atoms with Crippen LogP contribution in [-0.4, -0.2) is 68.0 Å². The van der Waals surface area contributed by atoms with Gasteiger partial charge in [-0.25, -0.2) is 8.42 Å². The maximum atomic E-state index is 13.5. The van der Waals surface area contributed by atoms with E-state index in [1.54, 1.807) is 11.0 Å². The molecule has 0 N–H and O–H groups in total. The first-order chi connectivity index (χ1) is 16.4. The first-order valence-corrected chi connectivity index (χ1v) is 13.3. The Bertz CT molecular complexity index is 1320. The molecular weight excluding hydrogens is 452 g/mol. The number of rotatable bonds is 4. The molecule has 9 heteroatoms. The minimum atomic E-state index is -3.71. The quantitative estimate of drug-likeness (QED) is 0.565. The second kappa shape index (κ2) is 9.03. The van der Waals surface area contributed by atoms with Crippen LogP contribution in [0.15, 0.2) is 45.8 Å². The molecule has 1 amide bonds. The molecule has 0 radical (unpaired) electrons. The molecule has 2 aliphatic rings. The molecule has 0 bridgehead atoms. The summed E-state index contributed by atoms with van der Waals surface area (Å²) in [4.78, 5) is 17.2. The fraction of sp³-hybridized carbons (Fsp3) is 0.440. The van der Waals surface area contributed by atoms with Crippen LogP contribution in [0.5, 0.6) is 0 Å². The van der Waals surface area contributed by atoms with Crippen molar-refractivity contribution in [3.05, 3.63) is 53.2 Å². The van der Waals surface area contributed by atoms with Gasteiger partial charge in [0.1, 0.15) is 0 Å². The highest BCUT2D eigenvalue weighted by atomic mass is 32.2. The van der Waals surface area contributed by atoms with Gasteiger partial charge in [0.05, 0.1) is 10.3 Å². The number of benzene rings is 2. The van der Waals surface area contributed by atoms with E-state index >= 15 is 0 Å². The molecule has 2 fully saturated rings. The molecule has 2 saturated heterocycles. The van der Waals surface area contributed by atoms with Gasteiger partial charge in [-0.05, 0) is 68.5 Å². The maximum absolute atomic E-state index is 13.5. The zero-order chi connectivity index (χ0) is 23.9. The van der Waals surface area contributed by atoms with Gasteiger partial charge in [-0.15, -0.1) is 0 Å². The predicted molar refractivity (Wildman–Crippen MR) is 131 cm³/mol. The normalized spacial score (nSPS) is 17.9. The van der Waals surface area contributed by atoms with E-state index in [9.17, 15) is 13.2 Å². The van der Waals surface area contributed by atoms with Gasteiger partial charge in [-0.3, -0.25) is 4.79 Å². The second-order valence-electron chi connectivity index (χ2n) is 9.15. The van der Waals surface area contributed by atoms with Gasteiger partial charge in [0.2, 0.25) is 10.0 Å². The SMILES string of the molecule is Cc1cccc(N2CCN(S(=O)(=O)c3ccc4onc(C(=O)N5CCCCC5)c4c3)CC2)c1C. The summed E-state index contributed by atoms with van der Waals surface area (Å²) >= 11 is 0. The number of aromatic nitrogens is 1. The number of carbonyl (C=O) groups excluding carboxylic acids is 1. The molecular formula is C25H30N4O4S. The van der Waals surface area contributed by atoms with Crippen LogP contribution >= 0.6 is 0 Å². The summed E-state index contributed by atoms with van der Waals surface area (Å²) in [5.41, 5.74) is 4.21. The molecule has 34 heavy (non-hydrogen) atoms. The highest BCUT2D eigenvalue weighted by molar-refractivity contribution is 7.89. The number of piperazine rings is 1. The lowest BCUT2D eigenvalue weighted by Crippen LogP contribution is -2.48. The largest absolute Gasteiger partial charge is 0.369 e. The van der Waals surface area contributed by atoms with Crippen LogP contribution in [0.3, 0.4) is 0 Å². The molecule has 0 aliphatic carbocycles. The van der Waals surface area contributed by atoms with Crippen molar-refractivity contribution in [2.45, 2.75) is 38.0 Å². The van der Waals surface area contributed by atoms with Crippen LogP contribution in [0, 0.1) is 13.8 Å². The highest BCUT2D eigenvalue weighted by Gasteiger charge is 2.31. The molecule has 2 aromatic carbocycles. The Kier molecular flexibility index (Phi) is 6.07. The summed E-state index contributed by atoms with van der Waals surface area (Å²) in [6, 6.07) is 10.9. The summed E-state index contributed by atoms with van der Waals surface area (Å²) in [6.07, 6.45) is 3.05. The van der Waals surface area contributed by atoms with Crippen LogP contribution in [-0.2, 0) is 10.0 Å². The lowest BCUT2D eigenvalue weighted by Gasteiger charge is -2.36. The number of nitrogens with zero attached hydrogens (tertiary/aromatic N) is 4. The van der Waals surface area contributed by atoms with Gasteiger partial charge in [-0.1, -0.05) is 17.3 Å². The van der Waals surface area contributed by atoms with Crippen LogP contribution in [0.25, 0.3) is 11.0 Å². The molecule has 3 aromatic rings. The van der Waals surface area contributed by atoms with E-state index in [2.05, 4.69) is 36.0 Å². The third-order valence-electron chi connectivity index (χ3n) is 7.08. The molecule has 2 aliphatic heterocycles. The van der Waals surface area contributed by atoms with Crippen molar-refractivity contribution in [1.82, 2.24) is 14.4 Å². The molecule has 5 rings (SSSR count). The number of carbonyl (C=O) groups is 1. The van der Waals surface area contributed by atoms with E-state index in [4.69, 9.17) is 4.52 Å². The molecule has 0 atom stereocenters. The highest BCUT2D eigenvalue weighted by Crippen LogP contribution is 2.28. The van der Waals surface area contributed by atoms with Crippen LogP contribution in [0.2, 0.25) is 0 Å². The lowest BCUT2D eigenvalue weighted by atomic mass is 10.1. The number of anilines is 1. The van der Waals surface area contributed by atoms with Gasteiger partial charge in [0.25, 0.3) is 5.91 Å². The van der Waals surface area contributed by atoms with E-state index in [1.807, 2.05) is 6.07 Å². The van der Waals surface area contributed by atoms with Crippen molar-refractivity contribution in [1.29, 1.82) is 0 Å². The topological polar surface area (TPSA) is 87.0 Å². The fourth-order valence-electron chi connectivity index (χ4n) is 4.88. The Morgan fingerprint density at radius 3 is 2.41 bits per heavy atom. The van der Waals surface area contributed by atoms with E-state index in [-0.39, 0.29) is 16.5 Å². The molecule has 1 aromatic heterocycles. The van der Waals surface area contributed by atoms with E-state index in [0.717, 1.165) is 24.9 Å². The Labute approximate surface area is 200 Å². The number of sulfonamides is 1. The number of hydrogen-bond acceptors (Lipinski definition) is 6. The molecule has 3 heterocycles. The van der Waals surface area contributed by atoms with Crippen molar-refractivity contribution in [2.75, 3.05) is 44.2 Å². The Morgan fingerprint density at radius 1 is 0.941 bits per heavy atom. The summed E-state index contributed by atoms with van der Waals surface area (Å²) in [5, 5.41) is 4.43. The molecule has 0 unspecified atom stereocenters. The average Bonchev–Trinajstić information content (AvgIpc) is 3.29. The zero-order valence-electron chi connectivity index (χ0n) is 19.7. The third kappa shape index (κ3) is 4.07. The van der Waals surface area contributed by atoms with E-state index in [1.165, 1.54) is 27.6 Å². The minimum absolute atomic E-state index is 0.163. The monoisotopic (exact) mass is 482 g/mol. The van der Waals surface area contributed by atoms with Crippen LogP contribution in [0.1, 0.15) is 40.9 Å². The lowest BCUT2D eigenvalue weighted by molar-refractivity contribution is 0.0715. The summed E-state index contributed by atoms with van der Waals surface area (Å²) in [6.45, 7) is 7.62. The van der Waals surface area contributed by atoms with Crippen molar-refractivity contribution in [3.8, 4) is 0 Å². The molecule has 0 saturated carbocycles. The van der Waals surface area contributed by atoms with Gasteiger partial charge < -0.3 is 14.3 Å². The predicted octanol–water partition coefficient (Wildman–Crippen LogP) is 3.58. The number of piperidine rings is 1. The zero-order valence-corrected chi connectivity index (χ0v) is 20.5. The molecule has 0 spiro atoms. The standard InChI is InChI=1S/C25H30N4O4S/c1-18-7-6-8-22(19(18)2)27-13-15-29(16-14-27)34(31,32)20-9-10-23-21(17-20)24(26-33-23)25(30)28-11-4-3-5-12-28/h6-10,17H,3-5,11-16H2,1-2H3. The smallest absolute Gasteiger partial charge is 0.276 e. The fourth-order valence-corrected chi connectivity index (χ4v) is 6.32. The van der Waals surface area contributed by atoms with Crippen molar-refractivity contribution in [2.24, 2.45) is 0 Å². The minimum Gasteiger partial charge on any atom is -0.369 e. The number of fused-ring (bicyclic) bond motifs is 1. The van der Waals surface area contributed by atoms with Gasteiger partial charge in [0.15, 0.2) is 11.3 Å². The molecule has 180 valence electrons. The Hall–Kier alpha value is -2.91. The number of aryl methyl sites for hydroxylation is 1. The summed E-state index contributed by atoms with van der Waals surface area (Å²) in [5.74, 6) is -0.199. The van der Waals surface area contributed by atoms with Gasteiger partial charge in [-0.2, -0.15) is 4.31 Å². The second-order valence-corrected chi connectivity index (χ2v) is 11.1. The number of amides is 1. The Balaban J connectivity index is 1.37. The van der Waals surface area contributed by atoms with Crippen LogP contribution < -0.4 is 4.90 Å². The van der Waals surface area contributed by atoms with Gasteiger partial charge >= 0.3 is 0 Å². The maximum Gasteiger partial charge on any atom is 0.276 e. The van der Waals surface area contributed by atoms with Crippen molar-refractivity contribution >= 4 is 32.6 Å². The van der Waals surface area contributed by atoms with Crippen molar-refractivity contribution in [3.63, 3.8) is 0 Å². The van der Waals surface area contributed by atoms with Crippen LogP contribution in [0.4, 0.5) is 5.69 Å². The first-order valence-electron chi connectivity index (χ1n) is 11.9. The van der Waals surface area contributed by atoms with Gasteiger partial charge in [0, 0.05) is 45.0 Å². The number of hydrogen-bond donors (Lipinski definition) is 0. The van der Waals surface area contributed by atoms with E-state index in [0.29, 0.717) is 50.2 Å². The molecule has 8 nitrogen and oxygen atoms in total. The average molecular weight is 483 g/mol. The first kappa shape index (κ1) is 22.9. The number of likely N-dealkylation sites (tertiary alicyclic amines) is 1. The third-order valence-corrected chi connectivity index (χ3v) is 8.98. The summed E-state index contributed by atoms with van der Waals surface area (Å²) in [7, 11) is -3.71. The summed E-state index contributed by atoms with van der Waals surface area (Å²) < 4.78 is 33.8. The van der Waals surface area contributed by atoms with Crippen molar-refractivity contribution < 1.29 is 17.7 Å². The Morgan fingerprint density at radius 2 is 1.68 bits per heavy atom.